The minimum atomic E-state index is 0.852. The Bertz CT molecular complexity index is 139. The van der Waals surface area contributed by atoms with Gasteiger partial charge in [-0.05, 0) is 50.6 Å². The molecule has 2 unspecified atom stereocenters. The van der Waals surface area contributed by atoms with Crippen molar-refractivity contribution in [3.05, 3.63) is 0 Å². The van der Waals surface area contributed by atoms with Crippen LogP contribution in [0.2, 0.25) is 0 Å². The van der Waals surface area contributed by atoms with Crippen molar-refractivity contribution >= 4 is 0 Å². The zero-order chi connectivity index (χ0) is 8.39. The molecule has 2 atom stereocenters. The zero-order valence-electron chi connectivity index (χ0n) is 7.88. The van der Waals surface area contributed by atoms with Gasteiger partial charge in [-0.3, -0.25) is 0 Å². The van der Waals surface area contributed by atoms with Crippen molar-refractivity contribution in [1.82, 2.24) is 5.32 Å². The fourth-order valence-corrected chi connectivity index (χ4v) is 2.37. The molecule has 0 radical (unpaired) electrons. The summed E-state index contributed by atoms with van der Waals surface area (Å²) in [6.07, 6.45) is 4.22. The van der Waals surface area contributed by atoms with Gasteiger partial charge < -0.3 is 10.1 Å². The van der Waals surface area contributed by atoms with E-state index in [1.807, 2.05) is 0 Å². The van der Waals surface area contributed by atoms with Crippen LogP contribution in [0.15, 0.2) is 0 Å². The van der Waals surface area contributed by atoms with Crippen molar-refractivity contribution < 1.29 is 4.74 Å². The second-order valence-electron chi connectivity index (χ2n) is 4.18. The smallest absolute Gasteiger partial charge is 0.0498 e. The normalized spacial score (nSPS) is 32.2. The summed E-state index contributed by atoms with van der Waals surface area (Å²) in [4.78, 5) is 0. The van der Waals surface area contributed by atoms with Crippen LogP contribution >= 0.6 is 0 Å². The molecule has 1 heterocycles. The Kier molecular flexibility index (Phi) is 2.66. The van der Waals surface area contributed by atoms with E-state index in [9.17, 15) is 0 Å². The molecule has 0 aromatic heterocycles. The molecule has 0 bridgehead atoms. The molecule has 0 spiro atoms. The minimum Gasteiger partial charge on any atom is -0.381 e. The third-order valence-corrected chi connectivity index (χ3v) is 3.24. The summed E-state index contributed by atoms with van der Waals surface area (Å²) in [5.41, 5.74) is 0. The number of ether oxygens (including phenoxy) is 1. The molecule has 1 N–H and O–H groups in total. The zero-order valence-corrected chi connectivity index (χ0v) is 7.88. The van der Waals surface area contributed by atoms with E-state index in [2.05, 4.69) is 12.4 Å². The Morgan fingerprint density at radius 1 is 1.33 bits per heavy atom. The van der Waals surface area contributed by atoms with Gasteiger partial charge in [-0.15, -0.1) is 0 Å². The molecule has 2 heteroatoms. The van der Waals surface area contributed by atoms with E-state index in [-0.39, 0.29) is 0 Å². The van der Waals surface area contributed by atoms with Gasteiger partial charge in [-0.1, -0.05) is 0 Å². The molecular weight excluding hydrogens is 150 g/mol. The van der Waals surface area contributed by atoms with Crippen LogP contribution in [0.1, 0.15) is 19.3 Å². The lowest BCUT2D eigenvalue weighted by Crippen LogP contribution is -2.27. The molecule has 1 aliphatic carbocycles. The van der Waals surface area contributed by atoms with Crippen LogP contribution in [0.5, 0.6) is 0 Å². The lowest BCUT2D eigenvalue weighted by atomic mass is 9.87. The predicted molar refractivity (Wildman–Crippen MR) is 49.1 cm³/mol. The van der Waals surface area contributed by atoms with Crippen molar-refractivity contribution in [1.29, 1.82) is 0 Å². The summed E-state index contributed by atoms with van der Waals surface area (Å²) in [7, 11) is 2.06. The highest BCUT2D eigenvalue weighted by molar-refractivity contribution is 4.87. The Morgan fingerprint density at radius 2 is 2.17 bits per heavy atom. The summed E-state index contributed by atoms with van der Waals surface area (Å²) in [6.45, 7) is 3.21. The average molecular weight is 169 g/mol. The highest BCUT2D eigenvalue weighted by Gasteiger charge is 2.37. The van der Waals surface area contributed by atoms with Crippen molar-refractivity contribution in [2.75, 3.05) is 26.8 Å². The van der Waals surface area contributed by atoms with Gasteiger partial charge in [-0.2, -0.15) is 0 Å². The van der Waals surface area contributed by atoms with Gasteiger partial charge in [0, 0.05) is 13.2 Å². The van der Waals surface area contributed by atoms with Crippen molar-refractivity contribution in [2.45, 2.75) is 19.3 Å². The van der Waals surface area contributed by atoms with Crippen LogP contribution in [-0.4, -0.2) is 26.8 Å². The summed E-state index contributed by atoms with van der Waals surface area (Å²) in [5, 5.41) is 3.31. The van der Waals surface area contributed by atoms with Crippen LogP contribution in [0, 0.1) is 17.8 Å². The lowest BCUT2D eigenvalue weighted by molar-refractivity contribution is 0.166. The molecule has 12 heavy (non-hydrogen) atoms. The Hall–Kier alpha value is -0.0800. The standard InChI is InChI=1S/C10H19NO/c1-11-6-10(8-2-3-8)9-4-5-12-7-9/h8-11H,2-7H2,1H3. The molecule has 70 valence electrons. The first-order valence-electron chi connectivity index (χ1n) is 5.14. The maximum atomic E-state index is 5.43. The van der Waals surface area contributed by atoms with Crippen LogP contribution in [-0.2, 0) is 4.74 Å². The summed E-state index contributed by atoms with van der Waals surface area (Å²) in [6, 6.07) is 0. The molecule has 0 aromatic rings. The van der Waals surface area contributed by atoms with Gasteiger partial charge in [0.25, 0.3) is 0 Å². The van der Waals surface area contributed by atoms with Crippen LogP contribution in [0.4, 0.5) is 0 Å². The van der Waals surface area contributed by atoms with Crippen molar-refractivity contribution in [3.8, 4) is 0 Å². The maximum Gasteiger partial charge on any atom is 0.0498 e. The summed E-state index contributed by atoms with van der Waals surface area (Å²) < 4.78 is 5.43. The molecule has 1 saturated heterocycles. The number of hydrogen-bond acceptors (Lipinski definition) is 2. The first-order valence-corrected chi connectivity index (χ1v) is 5.14. The SMILES string of the molecule is CNCC(C1CC1)C1CCOC1. The molecule has 0 aromatic carbocycles. The molecule has 1 saturated carbocycles. The quantitative estimate of drug-likeness (QED) is 0.684. The first-order chi connectivity index (χ1) is 5.92. The van der Waals surface area contributed by atoms with Gasteiger partial charge in [0.15, 0.2) is 0 Å². The fourth-order valence-electron chi connectivity index (χ4n) is 2.37. The van der Waals surface area contributed by atoms with E-state index in [0.717, 1.165) is 31.0 Å². The van der Waals surface area contributed by atoms with Gasteiger partial charge >= 0.3 is 0 Å². The van der Waals surface area contributed by atoms with E-state index >= 15 is 0 Å². The monoisotopic (exact) mass is 169 g/mol. The second-order valence-corrected chi connectivity index (χ2v) is 4.18. The summed E-state index contributed by atoms with van der Waals surface area (Å²) >= 11 is 0. The van der Waals surface area contributed by atoms with Gasteiger partial charge in [-0.25, -0.2) is 0 Å². The lowest BCUT2D eigenvalue weighted by Gasteiger charge is -2.21. The Balaban J connectivity index is 1.85. The van der Waals surface area contributed by atoms with E-state index in [1.165, 1.54) is 25.8 Å². The van der Waals surface area contributed by atoms with Gasteiger partial charge in [0.2, 0.25) is 0 Å². The highest BCUT2D eigenvalue weighted by atomic mass is 16.5. The molecule has 0 amide bonds. The van der Waals surface area contributed by atoms with Crippen molar-refractivity contribution in [2.24, 2.45) is 17.8 Å². The highest BCUT2D eigenvalue weighted by Crippen LogP contribution is 2.42. The second kappa shape index (κ2) is 3.75. The molecule has 2 aliphatic rings. The number of rotatable bonds is 4. The average Bonchev–Trinajstić information content (AvgIpc) is 2.77. The first kappa shape index (κ1) is 8.52. The predicted octanol–water partition coefficient (Wildman–Crippen LogP) is 1.27. The Labute approximate surface area is 74.7 Å². The van der Waals surface area contributed by atoms with E-state index in [4.69, 9.17) is 4.74 Å². The topological polar surface area (TPSA) is 21.3 Å². The molecule has 2 nitrogen and oxygen atoms in total. The fraction of sp³-hybridized carbons (Fsp3) is 1.00. The van der Waals surface area contributed by atoms with E-state index in [0.29, 0.717) is 0 Å². The van der Waals surface area contributed by atoms with E-state index in [1.54, 1.807) is 0 Å². The number of nitrogens with one attached hydrogen (secondary N) is 1. The van der Waals surface area contributed by atoms with Crippen LogP contribution in [0.25, 0.3) is 0 Å². The van der Waals surface area contributed by atoms with Gasteiger partial charge in [0.1, 0.15) is 0 Å². The van der Waals surface area contributed by atoms with Crippen LogP contribution < -0.4 is 5.32 Å². The van der Waals surface area contributed by atoms with Crippen LogP contribution in [0.3, 0.4) is 0 Å². The summed E-state index contributed by atoms with van der Waals surface area (Å²) in [5.74, 6) is 2.77. The maximum absolute atomic E-state index is 5.43. The third-order valence-electron chi connectivity index (χ3n) is 3.24. The molecular formula is C10H19NO. The molecule has 1 aliphatic heterocycles. The Morgan fingerprint density at radius 3 is 2.67 bits per heavy atom. The number of hydrogen-bond donors (Lipinski definition) is 1. The molecule has 2 rings (SSSR count). The third kappa shape index (κ3) is 1.80. The van der Waals surface area contributed by atoms with Crippen molar-refractivity contribution in [3.63, 3.8) is 0 Å². The van der Waals surface area contributed by atoms with Gasteiger partial charge in [0.05, 0.1) is 0 Å². The van der Waals surface area contributed by atoms with E-state index < -0.39 is 0 Å². The minimum absolute atomic E-state index is 0.852. The largest absolute Gasteiger partial charge is 0.381 e. The molecule has 2 fully saturated rings.